The molecule has 69 heavy (non-hydrogen) atoms. The maximum absolute atomic E-state index is 13.0. The van der Waals surface area contributed by atoms with Crippen molar-refractivity contribution in [1.29, 1.82) is 0 Å². The number of ether oxygens (including phenoxy) is 6. The summed E-state index contributed by atoms with van der Waals surface area (Å²) in [5.41, 5.74) is 0. The molecule has 2 heterocycles. The van der Waals surface area contributed by atoms with Crippen LogP contribution >= 0.6 is 0 Å². The molecule has 4 unspecified atom stereocenters. The maximum atomic E-state index is 13.0. The molecule has 398 valence electrons. The summed E-state index contributed by atoms with van der Waals surface area (Å²) >= 11 is 0. The highest BCUT2D eigenvalue weighted by molar-refractivity contribution is 5.70. The monoisotopic (exact) mass is 981 g/mol. The molecule has 15 heteroatoms. The van der Waals surface area contributed by atoms with Crippen LogP contribution in [-0.4, -0.2) is 142 Å². The zero-order valence-corrected chi connectivity index (χ0v) is 42.0. The first-order valence-electron chi connectivity index (χ1n) is 26.4. The van der Waals surface area contributed by atoms with Crippen molar-refractivity contribution in [2.45, 2.75) is 242 Å². The van der Waals surface area contributed by atoms with Crippen molar-refractivity contribution in [3.05, 3.63) is 60.8 Å². The van der Waals surface area contributed by atoms with Gasteiger partial charge in [0.1, 0.15) is 55.4 Å². The maximum Gasteiger partial charge on any atom is 0.306 e. The van der Waals surface area contributed by atoms with E-state index in [2.05, 4.69) is 68.5 Å². The van der Waals surface area contributed by atoms with Crippen molar-refractivity contribution in [3.8, 4) is 0 Å². The van der Waals surface area contributed by atoms with Crippen LogP contribution in [0.1, 0.15) is 174 Å². The second-order valence-electron chi connectivity index (χ2n) is 18.3. The molecule has 0 aromatic carbocycles. The van der Waals surface area contributed by atoms with Gasteiger partial charge >= 0.3 is 11.9 Å². The summed E-state index contributed by atoms with van der Waals surface area (Å²) in [6.07, 6.45) is 29.8. The third kappa shape index (κ3) is 28.7. The van der Waals surface area contributed by atoms with Crippen LogP contribution in [0.5, 0.6) is 0 Å². The molecule has 2 saturated heterocycles. The normalized spacial score (nSPS) is 26.0. The molecular formula is C54H92O15. The molecule has 7 N–H and O–H groups in total. The number of aliphatic hydroxyl groups excluding tert-OH is 7. The van der Waals surface area contributed by atoms with Gasteiger partial charge in [0.05, 0.1) is 19.8 Å². The number of esters is 2. The van der Waals surface area contributed by atoms with Crippen LogP contribution in [0.3, 0.4) is 0 Å². The Morgan fingerprint density at radius 3 is 1.45 bits per heavy atom. The molecule has 0 aliphatic carbocycles. The van der Waals surface area contributed by atoms with Crippen LogP contribution < -0.4 is 0 Å². The first kappa shape index (κ1) is 62.3. The quantitative estimate of drug-likeness (QED) is 0.0178. The molecule has 0 aromatic heterocycles. The first-order chi connectivity index (χ1) is 33.5. The Morgan fingerprint density at radius 1 is 0.464 bits per heavy atom. The number of carbonyl (C=O) groups is 2. The van der Waals surface area contributed by atoms with E-state index < -0.39 is 99.3 Å². The van der Waals surface area contributed by atoms with E-state index in [-0.39, 0.29) is 19.4 Å². The highest BCUT2D eigenvalue weighted by atomic mass is 16.7. The molecule has 0 spiro atoms. The van der Waals surface area contributed by atoms with Crippen LogP contribution in [-0.2, 0) is 38.0 Å². The minimum atomic E-state index is -1.78. The number of aliphatic hydroxyl groups is 7. The fourth-order valence-electron chi connectivity index (χ4n) is 7.85. The Hall–Kier alpha value is -2.80. The van der Waals surface area contributed by atoms with Crippen LogP contribution in [0.15, 0.2) is 60.8 Å². The third-order valence-corrected chi connectivity index (χ3v) is 12.2. The minimum Gasteiger partial charge on any atom is -0.462 e. The molecule has 2 aliphatic rings. The van der Waals surface area contributed by atoms with Crippen LogP contribution in [0.4, 0.5) is 0 Å². The highest BCUT2D eigenvalue weighted by Crippen LogP contribution is 2.26. The molecular weight excluding hydrogens is 889 g/mol. The molecule has 11 atom stereocenters. The van der Waals surface area contributed by atoms with Gasteiger partial charge in [0.25, 0.3) is 0 Å². The second-order valence-corrected chi connectivity index (χ2v) is 18.3. The lowest BCUT2D eigenvalue weighted by molar-refractivity contribution is -0.332. The second kappa shape index (κ2) is 40.8. The van der Waals surface area contributed by atoms with Gasteiger partial charge in [-0.05, 0) is 77.0 Å². The molecule has 0 amide bonds. The van der Waals surface area contributed by atoms with E-state index in [0.717, 1.165) is 64.2 Å². The van der Waals surface area contributed by atoms with Gasteiger partial charge in [-0.2, -0.15) is 0 Å². The summed E-state index contributed by atoms with van der Waals surface area (Å²) in [4.78, 5) is 25.7. The van der Waals surface area contributed by atoms with E-state index in [1.54, 1.807) is 0 Å². The lowest BCUT2D eigenvalue weighted by Crippen LogP contribution is -2.61. The number of hydrogen-bond acceptors (Lipinski definition) is 15. The van der Waals surface area contributed by atoms with E-state index in [4.69, 9.17) is 28.4 Å². The van der Waals surface area contributed by atoms with Gasteiger partial charge in [0.15, 0.2) is 18.7 Å². The van der Waals surface area contributed by atoms with E-state index in [1.165, 1.54) is 64.2 Å². The van der Waals surface area contributed by atoms with Crippen molar-refractivity contribution < 1.29 is 73.8 Å². The van der Waals surface area contributed by atoms with Gasteiger partial charge in [0, 0.05) is 12.8 Å². The van der Waals surface area contributed by atoms with Crippen LogP contribution in [0.25, 0.3) is 0 Å². The summed E-state index contributed by atoms with van der Waals surface area (Å²) in [6, 6.07) is 0. The van der Waals surface area contributed by atoms with Crippen molar-refractivity contribution in [2.75, 3.05) is 26.4 Å². The zero-order valence-electron chi connectivity index (χ0n) is 42.0. The van der Waals surface area contributed by atoms with Gasteiger partial charge in [-0.25, -0.2) is 0 Å². The van der Waals surface area contributed by atoms with Gasteiger partial charge < -0.3 is 64.2 Å². The lowest BCUT2D eigenvalue weighted by Gasteiger charge is -2.42. The smallest absolute Gasteiger partial charge is 0.306 e. The number of hydrogen-bond donors (Lipinski definition) is 7. The number of rotatable bonds is 40. The molecule has 2 rings (SSSR count). The van der Waals surface area contributed by atoms with Gasteiger partial charge in [-0.3, -0.25) is 9.59 Å². The average Bonchev–Trinajstić information content (AvgIpc) is 3.34. The lowest BCUT2D eigenvalue weighted by atomic mass is 9.98. The molecule has 2 aliphatic heterocycles. The first-order valence-corrected chi connectivity index (χ1v) is 26.4. The average molecular weight is 981 g/mol. The van der Waals surface area contributed by atoms with E-state index in [0.29, 0.717) is 19.3 Å². The van der Waals surface area contributed by atoms with E-state index in [9.17, 15) is 45.3 Å². The van der Waals surface area contributed by atoms with Crippen molar-refractivity contribution in [2.24, 2.45) is 0 Å². The molecule has 0 bridgehead atoms. The Labute approximate surface area is 413 Å². The number of unbranched alkanes of at least 4 members (excludes halogenated alkanes) is 16. The Morgan fingerprint density at radius 2 is 0.884 bits per heavy atom. The molecule has 0 aromatic rings. The molecule has 0 saturated carbocycles. The summed E-state index contributed by atoms with van der Waals surface area (Å²) in [6.45, 7) is 2.48. The van der Waals surface area contributed by atoms with Crippen molar-refractivity contribution in [3.63, 3.8) is 0 Å². The molecule has 0 radical (unpaired) electrons. The predicted octanol–water partition coefficient (Wildman–Crippen LogP) is 7.66. The van der Waals surface area contributed by atoms with E-state index in [1.807, 2.05) is 6.08 Å². The Bertz CT molecular complexity index is 1430. The van der Waals surface area contributed by atoms with Crippen LogP contribution in [0, 0.1) is 0 Å². The summed E-state index contributed by atoms with van der Waals surface area (Å²) in [7, 11) is 0. The van der Waals surface area contributed by atoms with E-state index >= 15 is 0 Å². The minimum absolute atomic E-state index is 0.138. The summed E-state index contributed by atoms with van der Waals surface area (Å²) < 4.78 is 33.5. The largest absolute Gasteiger partial charge is 0.462 e. The summed E-state index contributed by atoms with van der Waals surface area (Å²) in [5.74, 6) is -1.00. The Balaban J connectivity index is 1.81. The molecule has 15 nitrogen and oxygen atoms in total. The van der Waals surface area contributed by atoms with Gasteiger partial charge in [-0.1, -0.05) is 145 Å². The summed E-state index contributed by atoms with van der Waals surface area (Å²) in [5, 5.41) is 72.0. The zero-order chi connectivity index (χ0) is 50.3. The van der Waals surface area contributed by atoms with Gasteiger partial charge in [0.2, 0.25) is 0 Å². The van der Waals surface area contributed by atoms with Crippen molar-refractivity contribution in [1.82, 2.24) is 0 Å². The van der Waals surface area contributed by atoms with Crippen molar-refractivity contribution >= 4 is 11.9 Å². The number of carbonyl (C=O) groups excluding carboxylic acids is 2. The standard InChI is InChI=1S/C54H92O15/c1-3-5-7-9-11-13-15-17-18-19-20-21-22-23-24-25-27-28-30-32-34-36-45(56)64-39-42(67-46(57)37-35-33-31-29-26-16-14-12-10-8-6-4-2)40-65-53-52(63)50(61)48(59)44(69-53)41-66-54-51(62)49(60)47(58)43(38-55)68-54/h12,14,18-19,21-22,24-25,28,30,42-44,47-55,58-63H,3-11,13,15-17,20,23,26-27,29,31-41H2,1-2H3/b14-12+,19-18+,22-21+,25-24+,30-28+/t42-,43+,44+,47-,48-,49?,50?,51?,52?,53+,54+/m0/s1. The predicted molar refractivity (Wildman–Crippen MR) is 266 cm³/mol. The highest BCUT2D eigenvalue weighted by Gasteiger charge is 2.47. The third-order valence-electron chi connectivity index (χ3n) is 12.2. The Kier molecular flexibility index (Phi) is 36.8. The van der Waals surface area contributed by atoms with Crippen LogP contribution in [0.2, 0.25) is 0 Å². The number of allylic oxidation sites excluding steroid dienone is 10. The fraction of sp³-hybridized carbons (Fsp3) is 0.778. The van der Waals surface area contributed by atoms with Gasteiger partial charge in [-0.15, -0.1) is 0 Å². The molecule has 2 fully saturated rings. The SMILES string of the molecule is CCCCC/C=C/CCCCCCCC(=O)O[C@@H](COC(=O)CCC/C=C/C/C=C/C/C=C/C/C=C/CCCCCCCCC)CO[C@@H]1O[C@H](CO[C@@H]2O[C@H](CO)[C@H](O)C(O)C2O)[C@H](O)C(O)C1O. The topological polar surface area (TPSA) is 231 Å². The fourth-order valence-corrected chi connectivity index (χ4v) is 7.85.